The quantitative estimate of drug-likeness (QED) is 0.363. The Morgan fingerprint density at radius 3 is 2.41 bits per heavy atom. The van der Waals surface area contributed by atoms with E-state index in [-0.39, 0.29) is 21.5 Å². The highest BCUT2D eigenvalue weighted by Gasteiger charge is 2.50. The molecule has 2 fully saturated rings. The highest BCUT2D eigenvalue weighted by Crippen LogP contribution is 2.56. The van der Waals surface area contributed by atoms with E-state index < -0.39 is 15.7 Å². The second-order valence-electron chi connectivity index (χ2n) is 9.32. The maximum atomic E-state index is 12.8. The Morgan fingerprint density at radius 2 is 1.78 bits per heavy atom. The predicted molar refractivity (Wildman–Crippen MR) is 137 cm³/mol. The minimum Gasteiger partial charge on any atom is -0.387 e. The summed E-state index contributed by atoms with van der Waals surface area (Å²) >= 11 is 4.03. The van der Waals surface area contributed by atoms with Crippen LogP contribution in [0.15, 0.2) is 52.5 Å². The van der Waals surface area contributed by atoms with Crippen molar-refractivity contribution in [1.29, 1.82) is 0 Å². The molecule has 2 atom stereocenters. The van der Waals surface area contributed by atoms with E-state index in [4.69, 9.17) is 4.18 Å². The Morgan fingerprint density at radius 1 is 1.12 bits per heavy atom. The first-order valence-corrected chi connectivity index (χ1v) is 14.7. The summed E-state index contributed by atoms with van der Waals surface area (Å²) in [5, 5.41) is 11.7. The highest BCUT2D eigenvalue weighted by atomic mass is 32.2. The van der Waals surface area contributed by atoms with Crippen molar-refractivity contribution in [2.24, 2.45) is 5.92 Å². The van der Waals surface area contributed by atoms with E-state index in [0.717, 1.165) is 41.9 Å². The van der Waals surface area contributed by atoms with E-state index in [0.29, 0.717) is 6.42 Å². The number of aryl methyl sites for hydroxylation is 1. The molecule has 0 unspecified atom stereocenters. The van der Waals surface area contributed by atoms with Crippen molar-refractivity contribution in [2.75, 3.05) is 18.1 Å². The zero-order chi connectivity index (χ0) is 23.4. The summed E-state index contributed by atoms with van der Waals surface area (Å²) in [7, 11) is -3.92. The third-order valence-electron chi connectivity index (χ3n) is 6.41. The molecule has 1 heterocycles. The van der Waals surface area contributed by atoms with Crippen molar-refractivity contribution in [3.8, 4) is 0 Å². The molecule has 178 valence electrons. The first kappa shape index (κ1) is 25.9. The second-order valence-corrected chi connectivity index (χ2v) is 14.1. The van der Waals surface area contributed by atoms with Crippen LogP contribution in [0.1, 0.15) is 58.4 Å². The molecule has 0 radical (unpaired) electrons. The maximum Gasteiger partial charge on any atom is 0.297 e. The normalized spacial score (nSPS) is 26.2. The topological polar surface area (TPSA) is 63.6 Å². The van der Waals surface area contributed by atoms with E-state index in [9.17, 15) is 13.5 Å². The summed E-state index contributed by atoms with van der Waals surface area (Å²) in [6.07, 6.45) is 8.62. The maximum absolute atomic E-state index is 12.8. The summed E-state index contributed by atoms with van der Waals surface area (Å²) in [5.41, 5.74) is 2.16. The SMILES string of the molecule is CC(C)=CC/C=C(\C)[C@H]1CC2(CC[C@]1(O)COS(=O)(=O)c1ccc(C)cc1)SCCCS2. The van der Waals surface area contributed by atoms with Crippen LogP contribution in [0.5, 0.6) is 0 Å². The monoisotopic (exact) mass is 496 g/mol. The minimum absolute atomic E-state index is 0.108. The summed E-state index contributed by atoms with van der Waals surface area (Å²) in [5.74, 6) is 2.17. The van der Waals surface area contributed by atoms with Gasteiger partial charge in [0.2, 0.25) is 0 Å². The molecule has 3 rings (SSSR count). The largest absolute Gasteiger partial charge is 0.387 e. The number of allylic oxidation sites excluding steroid dienone is 3. The summed E-state index contributed by atoms with van der Waals surface area (Å²) in [4.78, 5) is 0.129. The smallest absolute Gasteiger partial charge is 0.297 e. The van der Waals surface area contributed by atoms with Crippen molar-refractivity contribution < 1.29 is 17.7 Å². The van der Waals surface area contributed by atoms with E-state index in [1.165, 1.54) is 12.0 Å². The number of hydrogen-bond acceptors (Lipinski definition) is 6. The fourth-order valence-electron chi connectivity index (χ4n) is 4.40. The van der Waals surface area contributed by atoms with Gasteiger partial charge in [0, 0.05) is 5.92 Å². The lowest BCUT2D eigenvalue weighted by Gasteiger charge is -2.50. The van der Waals surface area contributed by atoms with E-state index in [1.54, 1.807) is 24.3 Å². The fourth-order valence-corrected chi connectivity index (χ4v) is 8.76. The van der Waals surface area contributed by atoms with Crippen molar-refractivity contribution in [2.45, 2.75) is 74.4 Å². The van der Waals surface area contributed by atoms with Gasteiger partial charge < -0.3 is 5.11 Å². The molecule has 1 N–H and O–H groups in total. The number of aliphatic hydroxyl groups is 1. The molecule has 1 saturated heterocycles. The number of benzene rings is 1. The van der Waals surface area contributed by atoms with Gasteiger partial charge >= 0.3 is 0 Å². The van der Waals surface area contributed by atoms with Crippen molar-refractivity contribution in [3.05, 3.63) is 53.1 Å². The van der Waals surface area contributed by atoms with Gasteiger partial charge in [-0.25, -0.2) is 0 Å². The van der Waals surface area contributed by atoms with Gasteiger partial charge in [0.25, 0.3) is 10.1 Å². The molecule has 32 heavy (non-hydrogen) atoms. The lowest BCUT2D eigenvalue weighted by molar-refractivity contribution is -0.0658. The third-order valence-corrected chi connectivity index (χ3v) is 11.2. The van der Waals surface area contributed by atoms with E-state index >= 15 is 0 Å². The molecule has 2 aliphatic rings. The molecule has 0 aromatic heterocycles. The molecular formula is C25H36O4S3. The van der Waals surface area contributed by atoms with Crippen LogP contribution in [-0.4, -0.2) is 41.3 Å². The zero-order valence-corrected chi connectivity index (χ0v) is 22.0. The summed E-state index contributed by atoms with van der Waals surface area (Å²) < 4.78 is 31.1. The summed E-state index contributed by atoms with van der Waals surface area (Å²) in [6, 6.07) is 6.63. The first-order chi connectivity index (χ1) is 15.1. The molecule has 7 heteroatoms. The average molecular weight is 497 g/mol. The van der Waals surface area contributed by atoms with Gasteiger partial charge in [0.05, 0.1) is 21.2 Å². The van der Waals surface area contributed by atoms with Crippen molar-refractivity contribution in [1.82, 2.24) is 0 Å². The standard InChI is InChI=1S/C25H36O4S3/c1-19(2)7-5-8-21(4)23-17-25(30-15-6-16-31-25)14-13-24(23,26)18-29-32(27,28)22-11-9-20(3)10-12-22/h7-12,23,26H,5-6,13-18H2,1-4H3/b21-8+/t23-,24+/m1/s1. The van der Waals surface area contributed by atoms with Crippen LogP contribution in [0.25, 0.3) is 0 Å². The van der Waals surface area contributed by atoms with Crippen LogP contribution in [0.2, 0.25) is 0 Å². The molecule has 1 spiro atoms. The van der Waals surface area contributed by atoms with Gasteiger partial charge in [-0.3, -0.25) is 4.18 Å². The summed E-state index contributed by atoms with van der Waals surface area (Å²) in [6.45, 7) is 7.92. The van der Waals surface area contributed by atoms with Crippen LogP contribution >= 0.6 is 23.5 Å². The van der Waals surface area contributed by atoms with E-state index in [2.05, 4.69) is 32.9 Å². The number of hydrogen-bond donors (Lipinski definition) is 1. The molecule has 4 nitrogen and oxygen atoms in total. The van der Waals surface area contributed by atoms with Gasteiger partial charge in [-0.2, -0.15) is 8.42 Å². The van der Waals surface area contributed by atoms with Gasteiger partial charge in [-0.15, -0.1) is 23.5 Å². The lowest BCUT2D eigenvalue weighted by Crippen LogP contribution is -2.51. The zero-order valence-electron chi connectivity index (χ0n) is 19.6. The number of thioether (sulfide) groups is 2. The van der Waals surface area contributed by atoms with Gasteiger partial charge in [0.15, 0.2) is 0 Å². The van der Waals surface area contributed by atoms with Gasteiger partial charge in [-0.05, 0) is 83.4 Å². The Balaban J connectivity index is 1.82. The molecular weight excluding hydrogens is 460 g/mol. The molecule has 1 aromatic rings. The highest BCUT2D eigenvalue weighted by molar-refractivity contribution is 8.18. The van der Waals surface area contributed by atoms with Crippen LogP contribution in [-0.2, 0) is 14.3 Å². The van der Waals surface area contributed by atoms with Crippen LogP contribution in [0, 0.1) is 12.8 Å². The Kier molecular flexibility index (Phi) is 8.64. The van der Waals surface area contributed by atoms with Gasteiger partial charge in [0.1, 0.15) is 0 Å². The molecule has 0 bridgehead atoms. The number of rotatable bonds is 7. The van der Waals surface area contributed by atoms with Gasteiger partial charge in [-0.1, -0.05) is 41.0 Å². The van der Waals surface area contributed by atoms with Crippen molar-refractivity contribution in [3.63, 3.8) is 0 Å². The third kappa shape index (κ3) is 6.44. The predicted octanol–water partition coefficient (Wildman–Crippen LogP) is 6.10. The molecule has 1 saturated carbocycles. The average Bonchev–Trinajstić information content (AvgIpc) is 2.75. The Labute approximate surface area is 202 Å². The van der Waals surface area contributed by atoms with Crippen LogP contribution in [0.4, 0.5) is 0 Å². The lowest BCUT2D eigenvalue weighted by atomic mass is 9.71. The Hall–Kier alpha value is -0.730. The first-order valence-electron chi connectivity index (χ1n) is 11.3. The minimum atomic E-state index is -3.92. The molecule has 0 amide bonds. The Bertz CT molecular complexity index is 940. The van der Waals surface area contributed by atoms with Crippen molar-refractivity contribution >= 4 is 33.6 Å². The van der Waals surface area contributed by atoms with E-state index in [1.807, 2.05) is 30.4 Å². The fraction of sp³-hybridized carbons (Fsp3) is 0.600. The molecule has 1 aromatic carbocycles. The van der Waals surface area contributed by atoms with Crippen LogP contribution in [0.3, 0.4) is 0 Å². The molecule has 1 aliphatic carbocycles. The van der Waals surface area contributed by atoms with Crippen LogP contribution < -0.4 is 0 Å². The molecule has 1 aliphatic heterocycles. The second kappa shape index (κ2) is 10.7.